The van der Waals surface area contributed by atoms with Crippen molar-refractivity contribution in [3.05, 3.63) is 23.8 Å². The fourth-order valence-electron chi connectivity index (χ4n) is 2.30. The third kappa shape index (κ3) is 4.15. The minimum Gasteiger partial charge on any atom is -0.399 e. The van der Waals surface area contributed by atoms with Gasteiger partial charge in [0.25, 0.3) is 5.91 Å². The van der Waals surface area contributed by atoms with Crippen LogP contribution in [0.2, 0.25) is 0 Å². The number of rotatable bonds is 7. The van der Waals surface area contributed by atoms with E-state index in [0.717, 1.165) is 18.7 Å². The summed E-state index contributed by atoms with van der Waals surface area (Å²) in [5, 5.41) is 2.70. The average Bonchev–Trinajstić information content (AvgIpc) is 2.42. The van der Waals surface area contributed by atoms with Gasteiger partial charge in [0, 0.05) is 25.3 Å². The van der Waals surface area contributed by atoms with Crippen molar-refractivity contribution in [2.24, 2.45) is 0 Å². The molecule has 20 heavy (non-hydrogen) atoms. The summed E-state index contributed by atoms with van der Waals surface area (Å²) in [5.41, 5.74) is 8.21. The van der Waals surface area contributed by atoms with Gasteiger partial charge in [-0.2, -0.15) is 0 Å². The van der Waals surface area contributed by atoms with Crippen molar-refractivity contribution in [3.63, 3.8) is 0 Å². The van der Waals surface area contributed by atoms with E-state index in [1.54, 1.807) is 19.2 Å². The van der Waals surface area contributed by atoms with Crippen LogP contribution in [0, 0.1) is 0 Å². The molecule has 0 atom stereocenters. The highest BCUT2D eigenvalue weighted by molar-refractivity contribution is 6.00. The van der Waals surface area contributed by atoms with Gasteiger partial charge in [-0.3, -0.25) is 4.79 Å². The van der Waals surface area contributed by atoms with Crippen LogP contribution in [-0.2, 0) is 0 Å². The zero-order valence-corrected chi connectivity index (χ0v) is 13.1. The predicted molar refractivity (Wildman–Crippen MR) is 86.3 cm³/mol. The molecule has 0 fully saturated rings. The summed E-state index contributed by atoms with van der Waals surface area (Å²) in [4.78, 5) is 14.3. The smallest absolute Gasteiger partial charge is 0.253 e. The number of unbranched alkanes of at least 4 members (excludes halogenated alkanes) is 2. The normalized spacial score (nSPS) is 10.7. The van der Waals surface area contributed by atoms with Crippen LogP contribution in [0.15, 0.2) is 18.2 Å². The Labute approximate surface area is 122 Å². The predicted octanol–water partition coefficient (Wildman–Crippen LogP) is 3.03. The van der Waals surface area contributed by atoms with Gasteiger partial charge in [0.2, 0.25) is 0 Å². The molecule has 0 bridgehead atoms. The summed E-state index contributed by atoms with van der Waals surface area (Å²) in [6, 6.07) is 5.81. The summed E-state index contributed by atoms with van der Waals surface area (Å²) < 4.78 is 0. The number of hydrogen-bond donors (Lipinski definition) is 2. The van der Waals surface area contributed by atoms with Gasteiger partial charge in [-0.25, -0.2) is 0 Å². The van der Waals surface area contributed by atoms with Crippen LogP contribution in [0.3, 0.4) is 0 Å². The van der Waals surface area contributed by atoms with Gasteiger partial charge < -0.3 is 16.0 Å². The minimum atomic E-state index is -0.0684. The molecule has 1 rings (SSSR count). The second-order valence-electron chi connectivity index (χ2n) is 5.35. The molecule has 4 nitrogen and oxygen atoms in total. The van der Waals surface area contributed by atoms with Gasteiger partial charge in [0.1, 0.15) is 0 Å². The Morgan fingerprint density at radius 1 is 1.35 bits per heavy atom. The highest BCUT2D eigenvalue weighted by atomic mass is 16.1. The molecule has 0 aliphatic heterocycles. The molecule has 1 aromatic carbocycles. The van der Waals surface area contributed by atoms with E-state index in [9.17, 15) is 4.79 Å². The largest absolute Gasteiger partial charge is 0.399 e. The zero-order valence-electron chi connectivity index (χ0n) is 13.1. The third-order valence-electron chi connectivity index (χ3n) is 3.43. The molecule has 0 aliphatic rings. The fourth-order valence-corrected chi connectivity index (χ4v) is 2.30. The Morgan fingerprint density at radius 2 is 2.05 bits per heavy atom. The first kappa shape index (κ1) is 16.3. The molecule has 1 amide bonds. The van der Waals surface area contributed by atoms with Crippen LogP contribution < -0.4 is 16.0 Å². The molecular formula is C16H27N3O. The van der Waals surface area contributed by atoms with E-state index in [2.05, 4.69) is 31.0 Å². The van der Waals surface area contributed by atoms with Crippen LogP contribution in [-0.4, -0.2) is 25.5 Å². The summed E-state index contributed by atoms with van der Waals surface area (Å²) in [6.45, 7) is 7.42. The van der Waals surface area contributed by atoms with Crippen molar-refractivity contribution in [2.75, 3.05) is 24.2 Å². The van der Waals surface area contributed by atoms with E-state index in [0.29, 0.717) is 17.3 Å². The van der Waals surface area contributed by atoms with E-state index in [4.69, 9.17) is 5.73 Å². The summed E-state index contributed by atoms with van der Waals surface area (Å²) in [5.74, 6) is -0.0684. The Bertz CT molecular complexity index is 443. The topological polar surface area (TPSA) is 58.4 Å². The van der Waals surface area contributed by atoms with E-state index < -0.39 is 0 Å². The maximum Gasteiger partial charge on any atom is 0.253 e. The molecule has 0 aliphatic carbocycles. The van der Waals surface area contributed by atoms with Gasteiger partial charge >= 0.3 is 0 Å². The molecule has 0 spiro atoms. The number of hydrogen-bond acceptors (Lipinski definition) is 3. The number of nitrogens with zero attached hydrogens (tertiary/aromatic N) is 1. The number of nitrogen functional groups attached to an aromatic ring is 1. The summed E-state index contributed by atoms with van der Waals surface area (Å²) in [7, 11) is 1.65. The van der Waals surface area contributed by atoms with E-state index >= 15 is 0 Å². The lowest BCUT2D eigenvalue weighted by Gasteiger charge is -2.31. The van der Waals surface area contributed by atoms with Gasteiger partial charge in [-0.15, -0.1) is 0 Å². The monoisotopic (exact) mass is 277 g/mol. The van der Waals surface area contributed by atoms with E-state index in [-0.39, 0.29) is 5.91 Å². The van der Waals surface area contributed by atoms with Gasteiger partial charge in [0.15, 0.2) is 0 Å². The molecule has 0 aromatic heterocycles. The van der Waals surface area contributed by atoms with Crippen molar-refractivity contribution in [2.45, 2.75) is 46.1 Å². The molecule has 0 saturated carbocycles. The molecular weight excluding hydrogens is 250 g/mol. The molecule has 0 unspecified atom stereocenters. The standard InChI is InChI=1S/C16H27N3O/c1-5-6-7-10-19(12(2)3)15-11-13(17)8-9-14(15)16(20)18-4/h8-9,11-12H,5-7,10,17H2,1-4H3,(H,18,20). The zero-order chi connectivity index (χ0) is 15.1. The maximum absolute atomic E-state index is 12.0. The van der Waals surface area contributed by atoms with Crippen molar-refractivity contribution < 1.29 is 4.79 Å². The lowest BCUT2D eigenvalue weighted by Crippen LogP contribution is -2.34. The van der Waals surface area contributed by atoms with Gasteiger partial charge in [0.05, 0.1) is 11.3 Å². The van der Waals surface area contributed by atoms with Gasteiger partial charge in [-0.05, 0) is 38.5 Å². The summed E-state index contributed by atoms with van der Waals surface area (Å²) >= 11 is 0. The van der Waals surface area contributed by atoms with Crippen molar-refractivity contribution in [3.8, 4) is 0 Å². The Morgan fingerprint density at radius 3 is 2.60 bits per heavy atom. The Kier molecular flexibility index (Phi) is 6.36. The lowest BCUT2D eigenvalue weighted by atomic mass is 10.1. The quantitative estimate of drug-likeness (QED) is 0.595. The molecule has 3 N–H and O–H groups in total. The minimum absolute atomic E-state index is 0.0684. The second kappa shape index (κ2) is 7.78. The molecule has 0 heterocycles. The first-order chi connectivity index (χ1) is 9.51. The average molecular weight is 277 g/mol. The second-order valence-corrected chi connectivity index (χ2v) is 5.35. The molecule has 4 heteroatoms. The first-order valence-electron chi connectivity index (χ1n) is 7.39. The highest BCUT2D eigenvalue weighted by Crippen LogP contribution is 2.26. The number of carbonyl (C=O) groups excluding carboxylic acids is 1. The molecule has 1 aromatic rings. The van der Waals surface area contributed by atoms with Crippen LogP contribution >= 0.6 is 0 Å². The Balaban J connectivity index is 3.10. The first-order valence-corrected chi connectivity index (χ1v) is 7.39. The van der Waals surface area contributed by atoms with Crippen LogP contribution in [0.5, 0.6) is 0 Å². The lowest BCUT2D eigenvalue weighted by molar-refractivity contribution is 0.0963. The number of anilines is 2. The van der Waals surface area contributed by atoms with Crippen LogP contribution in [0.4, 0.5) is 11.4 Å². The fraction of sp³-hybridized carbons (Fsp3) is 0.562. The number of amides is 1. The summed E-state index contributed by atoms with van der Waals surface area (Å²) in [6.07, 6.45) is 3.50. The van der Waals surface area contributed by atoms with E-state index in [1.165, 1.54) is 12.8 Å². The number of benzene rings is 1. The van der Waals surface area contributed by atoms with Gasteiger partial charge in [-0.1, -0.05) is 19.8 Å². The number of carbonyl (C=O) groups is 1. The highest BCUT2D eigenvalue weighted by Gasteiger charge is 2.18. The van der Waals surface area contributed by atoms with Crippen molar-refractivity contribution >= 4 is 17.3 Å². The van der Waals surface area contributed by atoms with E-state index in [1.807, 2.05) is 6.07 Å². The van der Waals surface area contributed by atoms with Crippen LogP contribution in [0.25, 0.3) is 0 Å². The van der Waals surface area contributed by atoms with Crippen LogP contribution in [0.1, 0.15) is 50.4 Å². The third-order valence-corrected chi connectivity index (χ3v) is 3.43. The van der Waals surface area contributed by atoms with Crippen molar-refractivity contribution in [1.82, 2.24) is 5.32 Å². The maximum atomic E-state index is 12.0. The number of nitrogens with one attached hydrogen (secondary N) is 1. The number of nitrogens with two attached hydrogens (primary N) is 1. The molecule has 0 radical (unpaired) electrons. The SMILES string of the molecule is CCCCCN(c1cc(N)ccc1C(=O)NC)C(C)C. The Hall–Kier alpha value is -1.71. The molecule has 0 saturated heterocycles. The van der Waals surface area contributed by atoms with Crippen molar-refractivity contribution in [1.29, 1.82) is 0 Å². The molecule has 112 valence electrons.